The molecular weight excluding hydrogens is 162 g/mol. The molecule has 0 aliphatic heterocycles. The highest BCUT2D eigenvalue weighted by Crippen LogP contribution is 2.24. The van der Waals surface area contributed by atoms with Gasteiger partial charge in [0.05, 0.1) is 18.2 Å². The fourth-order valence-corrected chi connectivity index (χ4v) is 1.38. The molecule has 0 N–H and O–H groups in total. The van der Waals surface area contributed by atoms with E-state index in [0.29, 0.717) is 6.42 Å². The van der Waals surface area contributed by atoms with Gasteiger partial charge in [-0.1, -0.05) is 20.8 Å². The van der Waals surface area contributed by atoms with E-state index in [2.05, 4.69) is 31.9 Å². The van der Waals surface area contributed by atoms with E-state index in [1.165, 1.54) is 0 Å². The van der Waals surface area contributed by atoms with E-state index in [4.69, 9.17) is 5.26 Å². The zero-order chi connectivity index (χ0) is 10.1. The lowest BCUT2D eigenvalue weighted by atomic mass is 9.89. The van der Waals surface area contributed by atoms with Gasteiger partial charge in [0.15, 0.2) is 0 Å². The van der Waals surface area contributed by atoms with Gasteiger partial charge >= 0.3 is 0 Å². The molecule has 0 saturated heterocycles. The third kappa shape index (κ3) is 2.09. The SMILES string of the molecule is Cn1cc(CC#N)c(C(C)(C)C)n1. The van der Waals surface area contributed by atoms with E-state index < -0.39 is 0 Å². The van der Waals surface area contributed by atoms with E-state index in [-0.39, 0.29) is 5.41 Å². The van der Waals surface area contributed by atoms with Gasteiger partial charge in [-0.05, 0) is 0 Å². The van der Waals surface area contributed by atoms with Crippen molar-refractivity contribution >= 4 is 0 Å². The van der Waals surface area contributed by atoms with Crippen molar-refractivity contribution in [3.8, 4) is 6.07 Å². The summed E-state index contributed by atoms with van der Waals surface area (Å²) < 4.78 is 1.77. The number of nitriles is 1. The number of nitrogens with zero attached hydrogens (tertiary/aromatic N) is 3. The number of rotatable bonds is 1. The molecule has 0 fully saturated rings. The summed E-state index contributed by atoms with van der Waals surface area (Å²) >= 11 is 0. The Hall–Kier alpha value is -1.30. The summed E-state index contributed by atoms with van der Waals surface area (Å²) in [6.07, 6.45) is 2.37. The van der Waals surface area contributed by atoms with Crippen LogP contribution in [0.2, 0.25) is 0 Å². The Balaban J connectivity index is 3.13. The summed E-state index contributed by atoms with van der Waals surface area (Å²) in [6, 6.07) is 2.16. The Labute approximate surface area is 79.0 Å². The molecule has 0 aromatic carbocycles. The summed E-state index contributed by atoms with van der Waals surface area (Å²) in [5.74, 6) is 0. The number of hydrogen-bond acceptors (Lipinski definition) is 2. The Morgan fingerprint density at radius 2 is 2.15 bits per heavy atom. The summed E-state index contributed by atoms with van der Waals surface area (Å²) in [4.78, 5) is 0. The van der Waals surface area contributed by atoms with Gasteiger partial charge in [0, 0.05) is 24.2 Å². The molecule has 3 nitrogen and oxygen atoms in total. The molecule has 0 atom stereocenters. The summed E-state index contributed by atoms with van der Waals surface area (Å²) in [5.41, 5.74) is 2.09. The summed E-state index contributed by atoms with van der Waals surface area (Å²) in [7, 11) is 1.89. The predicted octanol–water partition coefficient (Wildman–Crippen LogP) is 1.78. The molecule has 13 heavy (non-hydrogen) atoms. The quantitative estimate of drug-likeness (QED) is 0.656. The van der Waals surface area contributed by atoms with Crippen LogP contribution in [0.4, 0.5) is 0 Å². The maximum atomic E-state index is 8.63. The maximum absolute atomic E-state index is 8.63. The molecule has 0 amide bonds. The van der Waals surface area contributed by atoms with E-state index >= 15 is 0 Å². The average Bonchev–Trinajstić information content (AvgIpc) is 2.30. The molecule has 0 spiro atoms. The molecule has 0 aliphatic rings. The van der Waals surface area contributed by atoms with E-state index in [1.807, 2.05) is 13.2 Å². The molecule has 0 radical (unpaired) electrons. The zero-order valence-electron chi connectivity index (χ0n) is 8.63. The number of hydrogen-bond donors (Lipinski definition) is 0. The van der Waals surface area contributed by atoms with Crippen molar-refractivity contribution in [1.82, 2.24) is 9.78 Å². The smallest absolute Gasteiger partial charge is 0.0720 e. The van der Waals surface area contributed by atoms with Crippen LogP contribution in [0.3, 0.4) is 0 Å². The van der Waals surface area contributed by atoms with Crippen molar-refractivity contribution in [2.45, 2.75) is 32.6 Å². The molecule has 70 valence electrons. The lowest BCUT2D eigenvalue weighted by molar-refractivity contribution is 0.549. The van der Waals surface area contributed by atoms with Crippen molar-refractivity contribution < 1.29 is 0 Å². The standard InChI is InChI=1S/C10H15N3/c1-10(2,3)9-8(5-6-11)7-13(4)12-9/h7H,5H2,1-4H3. The normalized spacial score (nSPS) is 11.3. The van der Waals surface area contributed by atoms with Crippen LogP contribution in [0.1, 0.15) is 32.0 Å². The third-order valence-corrected chi connectivity index (χ3v) is 1.88. The Morgan fingerprint density at radius 1 is 1.54 bits per heavy atom. The van der Waals surface area contributed by atoms with Crippen LogP contribution in [-0.2, 0) is 18.9 Å². The second kappa shape index (κ2) is 3.21. The Kier molecular flexibility index (Phi) is 2.42. The fraction of sp³-hybridized carbons (Fsp3) is 0.600. The van der Waals surface area contributed by atoms with Gasteiger partial charge in [-0.2, -0.15) is 10.4 Å². The molecule has 0 aliphatic carbocycles. The van der Waals surface area contributed by atoms with Crippen molar-refractivity contribution in [3.63, 3.8) is 0 Å². The number of aromatic nitrogens is 2. The molecule has 0 bridgehead atoms. The van der Waals surface area contributed by atoms with Crippen LogP contribution in [0.25, 0.3) is 0 Å². The molecule has 1 rings (SSSR count). The van der Waals surface area contributed by atoms with E-state index in [9.17, 15) is 0 Å². The lowest BCUT2D eigenvalue weighted by Crippen LogP contribution is -2.14. The van der Waals surface area contributed by atoms with Gasteiger partial charge in [0.2, 0.25) is 0 Å². The van der Waals surface area contributed by atoms with Gasteiger partial charge in [-0.3, -0.25) is 4.68 Å². The molecule has 0 unspecified atom stereocenters. The second-order valence-corrected chi connectivity index (χ2v) is 4.26. The summed E-state index contributed by atoms with van der Waals surface area (Å²) in [5, 5.41) is 13.0. The lowest BCUT2D eigenvalue weighted by Gasteiger charge is -2.16. The Bertz CT molecular complexity index is 336. The largest absolute Gasteiger partial charge is 0.275 e. The highest BCUT2D eigenvalue weighted by Gasteiger charge is 2.21. The van der Waals surface area contributed by atoms with Crippen LogP contribution in [0, 0.1) is 11.3 Å². The van der Waals surface area contributed by atoms with Crippen LogP contribution in [0.5, 0.6) is 0 Å². The first kappa shape index (κ1) is 9.79. The van der Waals surface area contributed by atoms with Crippen LogP contribution in [0.15, 0.2) is 6.20 Å². The van der Waals surface area contributed by atoms with Gasteiger partial charge in [0.1, 0.15) is 0 Å². The first-order chi connectivity index (χ1) is 5.95. The molecule has 1 aromatic rings. The van der Waals surface area contributed by atoms with Crippen LogP contribution < -0.4 is 0 Å². The Morgan fingerprint density at radius 3 is 2.62 bits per heavy atom. The third-order valence-electron chi connectivity index (χ3n) is 1.88. The van der Waals surface area contributed by atoms with E-state index in [1.54, 1.807) is 4.68 Å². The van der Waals surface area contributed by atoms with Crippen molar-refractivity contribution in [2.75, 3.05) is 0 Å². The second-order valence-electron chi connectivity index (χ2n) is 4.26. The first-order valence-electron chi connectivity index (χ1n) is 4.35. The molecular formula is C10H15N3. The predicted molar refractivity (Wildman–Crippen MR) is 51.2 cm³/mol. The highest BCUT2D eigenvalue weighted by molar-refractivity contribution is 5.26. The average molecular weight is 177 g/mol. The maximum Gasteiger partial charge on any atom is 0.0720 e. The van der Waals surface area contributed by atoms with Crippen LogP contribution in [-0.4, -0.2) is 9.78 Å². The van der Waals surface area contributed by atoms with E-state index in [0.717, 1.165) is 11.3 Å². The van der Waals surface area contributed by atoms with Crippen molar-refractivity contribution in [1.29, 1.82) is 5.26 Å². The fourth-order valence-electron chi connectivity index (χ4n) is 1.38. The molecule has 0 saturated carbocycles. The highest BCUT2D eigenvalue weighted by atomic mass is 15.3. The number of aryl methyl sites for hydroxylation is 1. The van der Waals surface area contributed by atoms with Crippen molar-refractivity contribution in [3.05, 3.63) is 17.5 Å². The van der Waals surface area contributed by atoms with Crippen molar-refractivity contribution in [2.24, 2.45) is 7.05 Å². The van der Waals surface area contributed by atoms with Gasteiger partial charge in [0.25, 0.3) is 0 Å². The minimum absolute atomic E-state index is 0.0213. The molecule has 1 aromatic heterocycles. The minimum atomic E-state index is 0.0213. The van der Waals surface area contributed by atoms with Crippen LogP contribution >= 0.6 is 0 Å². The first-order valence-corrected chi connectivity index (χ1v) is 4.35. The monoisotopic (exact) mass is 177 g/mol. The molecule has 3 heteroatoms. The van der Waals surface area contributed by atoms with Gasteiger partial charge in [-0.25, -0.2) is 0 Å². The minimum Gasteiger partial charge on any atom is -0.275 e. The van der Waals surface area contributed by atoms with Gasteiger partial charge < -0.3 is 0 Å². The topological polar surface area (TPSA) is 41.6 Å². The summed E-state index contributed by atoms with van der Waals surface area (Å²) in [6.45, 7) is 6.32. The molecule has 1 heterocycles. The zero-order valence-corrected chi connectivity index (χ0v) is 8.63. The van der Waals surface area contributed by atoms with Gasteiger partial charge in [-0.15, -0.1) is 0 Å².